The third-order valence-corrected chi connectivity index (χ3v) is 3.07. The molecule has 0 bridgehead atoms. The van der Waals surface area contributed by atoms with Gasteiger partial charge in [0.1, 0.15) is 11.4 Å². The summed E-state index contributed by atoms with van der Waals surface area (Å²) >= 11 is 6.02. The van der Waals surface area contributed by atoms with E-state index in [-0.39, 0.29) is 6.42 Å². The summed E-state index contributed by atoms with van der Waals surface area (Å²) < 4.78 is 4.57. The second-order valence-corrected chi connectivity index (χ2v) is 4.32. The number of rotatable bonds is 4. The van der Waals surface area contributed by atoms with Crippen LogP contribution in [-0.4, -0.2) is 21.4 Å². The second kappa shape index (κ2) is 5.18. The molecule has 1 heterocycles. The van der Waals surface area contributed by atoms with E-state index in [0.29, 0.717) is 22.0 Å². The summed E-state index contributed by atoms with van der Waals surface area (Å²) in [6.45, 7) is 1.72. The fourth-order valence-electron chi connectivity index (χ4n) is 1.72. The Balaban J connectivity index is 2.33. The molecule has 2 rings (SSSR count). The highest BCUT2D eigenvalue weighted by Crippen LogP contribution is 2.27. The van der Waals surface area contributed by atoms with Gasteiger partial charge in [-0.1, -0.05) is 40.1 Å². The van der Waals surface area contributed by atoms with E-state index in [1.807, 2.05) is 0 Å². The van der Waals surface area contributed by atoms with Crippen LogP contribution in [0.4, 0.5) is 0 Å². The van der Waals surface area contributed by atoms with Crippen molar-refractivity contribution in [1.29, 1.82) is 0 Å². The van der Waals surface area contributed by atoms with E-state index in [1.54, 1.807) is 31.2 Å². The molecule has 18 heavy (non-hydrogen) atoms. The van der Waals surface area contributed by atoms with E-state index in [1.165, 1.54) is 0 Å². The minimum absolute atomic E-state index is 0.203. The van der Waals surface area contributed by atoms with Crippen molar-refractivity contribution in [3.05, 3.63) is 46.2 Å². The van der Waals surface area contributed by atoms with Gasteiger partial charge in [0.15, 0.2) is 0 Å². The van der Waals surface area contributed by atoms with Crippen LogP contribution in [-0.2, 0) is 11.2 Å². The molecule has 1 aromatic heterocycles. The van der Waals surface area contributed by atoms with E-state index in [0.717, 1.165) is 0 Å². The first-order valence-corrected chi connectivity index (χ1v) is 5.72. The number of aromatic nitrogens is 2. The summed E-state index contributed by atoms with van der Waals surface area (Å²) in [5, 5.41) is 17.1. The Morgan fingerprint density at radius 2 is 2.17 bits per heavy atom. The van der Waals surface area contributed by atoms with Gasteiger partial charge in [0.05, 0.1) is 5.92 Å². The van der Waals surface area contributed by atoms with Crippen molar-refractivity contribution in [2.45, 2.75) is 19.3 Å². The molecular formula is C12H11ClN2O3. The first-order chi connectivity index (χ1) is 8.59. The van der Waals surface area contributed by atoms with E-state index in [9.17, 15) is 9.90 Å². The van der Waals surface area contributed by atoms with Crippen LogP contribution in [0.1, 0.15) is 22.9 Å². The number of hydrogen-bond acceptors (Lipinski definition) is 4. The van der Waals surface area contributed by atoms with Crippen LogP contribution >= 0.6 is 11.6 Å². The zero-order chi connectivity index (χ0) is 13.1. The number of halogens is 1. The van der Waals surface area contributed by atoms with Crippen LogP contribution in [0.3, 0.4) is 0 Å². The van der Waals surface area contributed by atoms with Crippen LogP contribution in [0.15, 0.2) is 28.9 Å². The van der Waals surface area contributed by atoms with Crippen molar-refractivity contribution in [2.75, 3.05) is 0 Å². The molecule has 0 aliphatic carbocycles. The van der Waals surface area contributed by atoms with Crippen LogP contribution in [0.5, 0.6) is 0 Å². The van der Waals surface area contributed by atoms with Gasteiger partial charge in [-0.15, -0.1) is 0 Å². The van der Waals surface area contributed by atoms with Gasteiger partial charge in [-0.05, 0) is 18.6 Å². The van der Waals surface area contributed by atoms with Crippen molar-refractivity contribution in [1.82, 2.24) is 10.3 Å². The highest BCUT2D eigenvalue weighted by atomic mass is 35.5. The zero-order valence-corrected chi connectivity index (χ0v) is 10.4. The molecule has 5 nitrogen and oxygen atoms in total. The highest BCUT2D eigenvalue weighted by Gasteiger charge is 2.25. The number of aryl methyl sites for hydroxylation is 1. The van der Waals surface area contributed by atoms with E-state index < -0.39 is 11.9 Å². The molecule has 0 saturated heterocycles. The monoisotopic (exact) mass is 266 g/mol. The Kier molecular flexibility index (Phi) is 3.62. The molecule has 0 fully saturated rings. The summed E-state index contributed by atoms with van der Waals surface area (Å²) in [6.07, 6.45) is 0.203. The average Bonchev–Trinajstić information content (AvgIpc) is 2.73. The van der Waals surface area contributed by atoms with Gasteiger partial charge < -0.3 is 5.11 Å². The number of carboxylic acid groups (broad SMARTS) is 1. The number of carbonyl (C=O) groups is 1. The van der Waals surface area contributed by atoms with Crippen LogP contribution in [0, 0.1) is 6.92 Å². The Labute approximate surface area is 108 Å². The summed E-state index contributed by atoms with van der Waals surface area (Å²) in [7, 11) is 0. The quantitative estimate of drug-likeness (QED) is 0.920. The summed E-state index contributed by atoms with van der Waals surface area (Å²) in [5.74, 6) is -1.71. The van der Waals surface area contributed by atoms with Gasteiger partial charge in [0.2, 0.25) is 0 Å². The van der Waals surface area contributed by atoms with Crippen molar-refractivity contribution >= 4 is 17.6 Å². The maximum absolute atomic E-state index is 11.4. The molecule has 6 heteroatoms. The molecule has 1 N–H and O–H groups in total. The lowest BCUT2D eigenvalue weighted by molar-refractivity contribution is -0.138. The molecule has 0 amide bonds. The van der Waals surface area contributed by atoms with Crippen LogP contribution in [0.25, 0.3) is 0 Å². The molecule has 0 aliphatic rings. The lowest BCUT2D eigenvalue weighted by Gasteiger charge is -2.12. The van der Waals surface area contributed by atoms with Gasteiger partial charge in [-0.25, -0.2) is 4.63 Å². The Morgan fingerprint density at radius 3 is 2.72 bits per heavy atom. The first kappa shape index (κ1) is 12.6. The Hall–Kier alpha value is -1.88. The number of carboxylic acids is 1. The number of hydrogen-bond donors (Lipinski definition) is 1. The van der Waals surface area contributed by atoms with Gasteiger partial charge in [-0.3, -0.25) is 4.79 Å². The van der Waals surface area contributed by atoms with Gasteiger partial charge in [-0.2, -0.15) is 0 Å². The zero-order valence-electron chi connectivity index (χ0n) is 9.63. The Morgan fingerprint density at radius 1 is 1.44 bits per heavy atom. The van der Waals surface area contributed by atoms with Crippen molar-refractivity contribution in [3.8, 4) is 0 Å². The predicted octanol–water partition coefficient (Wildman–Crippen LogP) is 2.44. The van der Waals surface area contributed by atoms with Gasteiger partial charge >= 0.3 is 5.97 Å². The Bertz CT molecular complexity index is 568. The maximum Gasteiger partial charge on any atom is 0.311 e. The minimum Gasteiger partial charge on any atom is -0.481 e. The molecule has 94 valence electrons. The van der Waals surface area contributed by atoms with Gasteiger partial charge in [0, 0.05) is 11.4 Å². The number of benzene rings is 1. The van der Waals surface area contributed by atoms with Crippen molar-refractivity contribution in [3.63, 3.8) is 0 Å². The highest BCUT2D eigenvalue weighted by molar-refractivity contribution is 6.31. The fourth-order valence-corrected chi connectivity index (χ4v) is 1.98. The third-order valence-electron chi connectivity index (χ3n) is 2.72. The molecule has 1 unspecified atom stereocenters. The van der Waals surface area contributed by atoms with Gasteiger partial charge in [0.25, 0.3) is 0 Å². The summed E-state index contributed by atoms with van der Waals surface area (Å²) in [5.41, 5.74) is 1.68. The largest absolute Gasteiger partial charge is 0.481 e. The molecule has 0 radical (unpaired) electrons. The fraction of sp³-hybridized carbons (Fsp3) is 0.250. The van der Waals surface area contributed by atoms with E-state index in [2.05, 4.69) is 14.9 Å². The topological polar surface area (TPSA) is 76.2 Å². The maximum atomic E-state index is 11.4. The molecule has 0 aliphatic heterocycles. The number of nitrogens with zero attached hydrogens (tertiary/aromatic N) is 2. The normalized spacial score (nSPS) is 12.3. The van der Waals surface area contributed by atoms with Crippen LogP contribution in [0.2, 0.25) is 5.02 Å². The molecule has 0 spiro atoms. The lowest BCUT2D eigenvalue weighted by atomic mass is 9.94. The second-order valence-electron chi connectivity index (χ2n) is 3.91. The van der Waals surface area contributed by atoms with E-state index in [4.69, 9.17) is 11.6 Å². The first-order valence-electron chi connectivity index (χ1n) is 5.35. The van der Waals surface area contributed by atoms with E-state index >= 15 is 0 Å². The molecule has 1 aromatic carbocycles. The molecule has 1 atom stereocenters. The summed E-state index contributed by atoms with van der Waals surface area (Å²) in [4.78, 5) is 11.4. The third kappa shape index (κ3) is 2.51. The predicted molar refractivity (Wildman–Crippen MR) is 64.6 cm³/mol. The minimum atomic E-state index is -0.953. The van der Waals surface area contributed by atoms with Crippen molar-refractivity contribution in [2.24, 2.45) is 0 Å². The van der Waals surface area contributed by atoms with Crippen LogP contribution < -0.4 is 0 Å². The SMILES string of the molecule is Cc1nonc1CC(C(=O)O)c1ccccc1Cl. The number of aliphatic carboxylic acids is 1. The summed E-state index contributed by atoms with van der Waals surface area (Å²) in [6, 6.07) is 6.88. The molecular weight excluding hydrogens is 256 g/mol. The standard InChI is InChI=1S/C12H11ClN2O3/c1-7-11(15-18-14-7)6-9(12(16)17)8-4-2-3-5-10(8)13/h2-5,9H,6H2,1H3,(H,16,17). The van der Waals surface area contributed by atoms with Crippen molar-refractivity contribution < 1.29 is 14.5 Å². The smallest absolute Gasteiger partial charge is 0.311 e. The molecule has 0 saturated carbocycles. The average molecular weight is 267 g/mol. The molecule has 2 aromatic rings. The lowest BCUT2D eigenvalue weighted by Crippen LogP contribution is -2.15.